The number of ketones is 1. The van der Waals surface area contributed by atoms with Gasteiger partial charge in [0, 0.05) is 49.9 Å². The Morgan fingerprint density at radius 3 is 2.02 bits per heavy atom. The molecule has 300 valence electrons. The van der Waals surface area contributed by atoms with Crippen LogP contribution in [0.15, 0.2) is 132 Å². The molecular formula is C59H42N2O2. The Hall–Kier alpha value is -7.22. The van der Waals surface area contributed by atoms with E-state index in [0.29, 0.717) is 5.56 Å². The summed E-state index contributed by atoms with van der Waals surface area (Å²) in [5.41, 5.74) is 18.1. The number of hydrogen-bond donors (Lipinski definition) is 0. The van der Waals surface area contributed by atoms with E-state index >= 15 is 0 Å². The molecule has 63 heavy (non-hydrogen) atoms. The summed E-state index contributed by atoms with van der Waals surface area (Å²) >= 11 is 0. The summed E-state index contributed by atoms with van der Waals surface area (Å²) < 4.78 is 9.68. The number of nitrogens with zero attached hydrogens (tertiary/aromatic N) is 2. The first-order chi connectivity index (χ1) is 30.8. The van der Waals surface area contributed by atoms with Gasteiger partial charge in [-0.2, -0.15) is 5.26 Å². The van der Waals surface area contributed by atoms with E-state index in [9.17, 15) is 10.1 Å². The summed E-state index contributed by atoms with van der Waals surface area (Å²) in [7, 11) is 0. The summed E-state index contributed by atoms with van der Waals surface area (Å²) in [5.74, 6) is -0.00239. The molecule has 0 unspecified atom stereocenters. The Morgan fingerprint density at radius 2 is 1.29 bits per heavy atom. The molecule has 8 aromatic carbocycles. The summed E-state index contributed by atoms with van der Waals surface area (Å²) in [6, 6.07) is 48.9. The molecule has 0 saturated carbocycles. The molecule has 0 fully saturated rings. The Morgan fingerprint density at radius 1 is 0.587 bits per heavy atom. The highest BCUT2D eigenvalue weighted by Crippen LogP contribution is 2.60. The number of carbonyl (C=O) groups is 1. The van der Waals surface area contributed by atoms with E-state index in [-0.39, 0.29) is 23.0 Å². The maximum atomic E-state index is 15.0. The fourth-order valence-electron chi connectivity index (χ4n) is 12.7. The normalized spacial score (nSPS) is 17.1. The largest absolute Gasteiger partial charge is 0.455 e. The second-order valence-corrected chi connectivity index (χ2v) is 19.5. The van der Waals surface area contributed by atoms with E-state index in [1.165, 1.54) is 49.5 Å². The Labute approximate surface area is 364 Å². The molecule has 4 aliphatic carbocycles. The molecule has 0 spiro atoms. The highest BCUT2D eigenvalue weighted by molar-refractivity contribution is 6.35. The Kier molecular flexibility index (Phi) is 6.87. The second kappa shape index (κ2) is 12.2. The van der Waals surface area contributed by atoms with Crippen LogP contribution in [0.4, 0.5) is 0 Å². The van der Waals surface area contributed by atoms with Crippen LogP contribution in [-0.2, 0) is 18.3 Å². The van der Waals surface area contributed by atoms with Crippen LogP contribution in [0, 0.1) is 11.3 Å². The number of benzene rings is 8. The first kappa shape index (κ1) is 35.4. The fourth-order valence-corrected chi connectivity index (χ4v) is 12.7. The molecule has 0 atom stereocenters. The zero-order valence-corrected chi connectivity index (χ0v) is 35.5. The van der Waals surface area contributed by atoms with Gasteiger partial charge in [-0.3, -0.25) is 4.79 Å². The van der Waals surface area contributed by atoms with Gasteiger partial charge in [-0.1, -0.05) is 124 Å². The molecule has 0 saturated heterocycles. The maximum Gasteiger partial charge on any atom is 0.193 e. The molecule has 4 nitrogen and oxygen atoms in total. The molecular weight excluding hydrogens is 769 g/mol. The molecule has 3 heterocycles. The molecule has 0 radical (unpaired) electrons. The number of rotatable bonds is 0. The van der Waals surface area contributed by atoms with Crippen molar-refractivity contribution in [1.82, 2.24) is 4.40 Å². The van der Waals surface area contributed by atoms with Gasteiger partial charge in [0.15, 0.2) is 5.78 Å². The smallest absolute Gasteiger partial charge is 0.193 e. The van der Waals surface area contributed by atoms with Crippen molar-refractivity contribution in [2.75, 3.05) is 0 Å². The molecule has 4 heteroatoms. The van der Waals surface area contributed by atoms with Crippen molar-refractivity contribution in [3.05, 3.63) is 194 Å². The van der Waals surface area contributed by atoms with Crippen LogP contribution < -0.4 is 0 Å². The minimum Gasteiger partial charge on any atom is -0.455 e. The van der Waals surface area contributed by atoms with Gasteiger partial charge < -0.3 is 8.82 Å². The van der Waals surface area contributed by atoms with E-state index in [1.807, 2.05) is 12.1 Å². The highest BCUT2D eigenvalue weighted by atomic mass is 16.3. The number of aryl methyl sites for hydroxylation is 2. The third-order valence-electron chi connectivity index (χ3n) is 15.3. The molecule has 11 aromatic rings. The average molecular weight is 811 g/mol. The minimum absolute atomic E-state index is 0.0399. The van der Waals surface area contributed by atoms with Crippen LogP contribution in [0.2, 0.25) is 0 Å². The predicted molar refractivity (Wildman–Crippen MR) is 255 cm³/mol. The van der Waals surface area contributed by atoms with E-state index in [2.05, 4.69) is 147 Å². The molecule has 0 amide bonds. The van der Waals surface area contributed by atoms with Crippen molar-refractivity contribution < 1.29 is 9.21 Å². The zero-order chi connectivity index (χ0) is 42.0. The van der Waals surface area contributed by atoms with Crippen molar-refractivity contribution in [1.29, 1.82) is 5.26 Å². The van der Waals surface area contributed by atoms with E-state index in [4.69, 9.17) is 4.42 Å². The lowest BCUT2D eigenvalue weighted by molar-refractivity contribution is 0.103. The lowest BCUT2D eigenvalue weighted by Crippen LogP contribution is -2.28. The van der Waals surface area contributed by atoms with Crippen molar-refractivity contribution in [2.45, 2.75) is 70.1 Å². The van der Waals surface area contributed by atoms with Crippen LogP contribution in [0.5, 0.6) is 0 Å². The third kappa shape index (κ3) is 4.47. The van der Waals surface area contributed by atoms with Gasteiger partial charge in [-0.05, 0) is 122 Å². The quantitative estimate of drug-likeness (QED) is 0.113. The summed E-state index contributed by atoms with van der Waals surface area (Å²) in [5, 5.41) is 20.4. The predicted octanol–water partition coefficient (Wildman–Crippen LogP) is 14.5. The van der Waals surface area contributed by atoms with E-state index < -0.39 is 0 Å². The van der Waals surface area contributed by atoms with Crippen LogP contribution >= 0.6 is 0 Å². The van der Waals surface area contributed by atoms with Crippen LogP contribution in [0.1, 0.15) is 123 Å². The number of carbonyl (C=O) groups excluding carboxylic acids is 1. The lowest BCUT2D eigenvalue weighted by Gasteiger charge is -2.43. The summed E-state index contributed by atoms with van der Waals surface area (Å²) in [4.78, 5) is 15.0. The zero-order valence-electron chi connectivity index (χ0n) is 35.5. The summed E-state index contributed by atoms with van der Waals surface area (Å²) in [6.45, 7) is 6.85. The van der Waals surface area contributed by atoms with Crippen molar-refractivity contribution in [3.63, 3.8) is 0 Å². The standard InChI is InChI=1S/C59H42N2O2/c1-59(2,3)45-25-24-39-42-28-44-53-47(27-33(30-60)49-51-35-18-9-11-20-37(35)52(55(49)53)38-21-12-10-19-36(38)51)61-46-29-41-32(16-6-4-5-14-31-15-7-8-17-34(31)57(41)62)26-43(46)54(56(44)61)58(42)63-48-23-13-22-40(45)50(39)48/h7-13,15,17-29,51-52H,4-6,14,16H2,1-3H3. The topological polar surface area (TPSA) is 58.4 Å². The number of nitriles is 1. The monoisotopic (exact) mass is 810 g/mol. The molecule has 2 bridgehead atoms. The van der Waals surface area contributed by atoms with Crippen LogP contribution in [0.3, 0.4) is 0 Å². The summed E-state index contributed by atoms with van der Waals surface area (Å²) in [6.07, 6.45) is 4.92. The Bertz CT molecular complexity index is 3870. The second-order valence-electron chi connectivity index (χ2n) is 19.5. The molecule has 0 N–H and O–H groups in total. The molecule has 15 rings (SSSR count). The van der Waals surface area contributed by atoms with Crippen LogP contribution in [0.25, 0.3) is 70.8 Å². The van der Waals surface area contributed by atoms with E-state index in [1.54, 1.807) is 0 Å². The first-order valence-electron chi connectivity index (χ1n) is 22.6. The Balaban J connectivity index is 1.20. The van der Waals surface area contributed by atoms with Crippen molar-refractivity contribution in [2.24, 2.45) is 0 Å². The van der Waals surface area contributed by atoms with Crippen LogP contribution in [-0.4, -0.2) is 10.2 Å². The number of fused-ring (bicyclic) bond motifs is 11. The van der Waals surface area contributed by atoms with Gasteiger partial charge in [0.1, 0.15) is 11.2 Å². The maximum absolute atomic E-state index is 15.0. The highest BCUT2D eigenvalue weighted by Gasteiger charge is 2.44. The fraction of sp³-hybridized carbons (Fsp3) is 0.186. The van der Waals surface area contributed by atoms with Gasteiger partial charge >= 0.3 is 0 Å². The molecule has 4 aliphatic rings. The first-order valence-corrected chi connectivity index (χ1v) is 22.6. The van der Waals surface area contributed by atoms with Crippen molar-refractivity contribution in [3.8, 4) is 6.07 Å². The number of aromatic nitrogens is 1. The van der Waals surface area contributed by atoms with Gasteiger partial charge in [0.25, 0.3) is 0 Å². The SMILES string of the molecule is CC(C)(C)c1ccc2c3cc4c5c6c(c(C#N)cc5n5c7cc8c(cc7c(c3oc3cccc1c32)c45)CCCCCc1ccccc1C8=O)C1c2ccccc2C6c2ccccc21. The van der Waals surface area contributed by atoms with Gasteiger partial charge in [-0.15, -0.1) is 0 Å². The molecule has 0 aliphatic heterocycles. The third-order valence-corrected chi connectivity index (χ3v) is 15.3. The molecule has 3 aromatic heterocycles. The van der Waals surface area contributed by atoms with Crippen molar-refractivity contribution >= 4 is 76.6 Å². The van der Waals surface area contributed by atoms with Gasteiger partial charge in [0.05, 0.1) is 33.6 Å². The lowest BCUT2D eigenvalue weighted by atomic mass is 9.59. The minimum atomic E-state index is -0.0578. The van der Waals surface area contributed by atoms with Gasteiger partial charge in [-0.25, -0.2) is 0 Å². The average Bonchev–Trinajstić information content (AvgIpc) is 3.81. The number of hydrogen-bond acceptors (Lipinski definition) is 3. The van der Waals surface area contributed by atoms with E-state index in [0.717, 1.165) is 115 Å². The van der Waals surface area contributed by atoms with Gasteiger partial charge in [0.2, 0.25) is 0 Å².